The molecule has 1 N–H and O–H groups in total. The van der Waals surface area contributed by atoms with Crippen molar-refractivity contribution in [1.29, 1.82) is 0 Å². The van der Waals surface area contributed by atoms with Crippen LogP contribution in [0.2, 0.25) is 10.0 Å². The summed E-state index contributed by atoms with van der Waals surface area (Å²) in [7, 11) is 0. The van der Waals surface area contributed by atoms with E-state index in [1.54, 1.807) is 0 Å². The van der Waals surface area contributed by atoms with Gasteiger partial charge in [-0.3, -0.25) is 0 Å². The summed E-state index contributed by atoms with van der Waals surface area (Å²) >= 11 is 17.7. The molecule has 1 fully saturated rings. The first-order valence-electron chi connectivity index (χ1n) is 6.67. The second-order valence-electron chi connectivity index (χ2n) is 5.41. The lowest BCUT2D eigenvalue weighted by Crippen LogP contribution is -2.21. The van der Waals surface area contributed by atoms with Crippen molar-refractivity contribution in [2.75, 3.05) is 0 Å². The molecule has 1 aliphatic carbocycles. The van der Waals surface area contributed by atoms with Gasteiger partial charge in [-0.05, 0) is 43.1 Å². The molecule has 1 aromatic carbocycles. The lowest BCUT2D eigenvalue weighted by atomic mass is 9.86. The van der Waals surface area contributed by atoms with E-state index in [-0.39, 0.29) is 0 Å². The number of aromatic amines is 1. The number of imidazole rings is 1. The lowest BCUT2D eigenvalue weighted by Gasteiger charge is -2.30. The highest BCUT2D eigenvalue weighted by Crippen LogP contribution is 2.37. The number of hydrogen-bond acceptors (Lipinski definition) is 1. The Morgan fingerprint density at radius 2 is 1.89 bits per heavy atom. The van der Waals surface area contributed by atoms with E-state index in [1.165, 1.54) is 25.7 Å². The van der Waals surface area contributed by atoms with E-state index in [4.69, 9.17) is 35.4 Å². The van der Waals surface area contributed by atoms with Crippen molar-refractivity contribution < 1.29 is 0 Å². The first kappa shape index (κ1) is 13.5. The Hall–Kier alpha value is -0.510. The molecule has 1 saturated carbocycles. The maximum atomic E-state index is 6.15. The number of rotatable bonds is 1. The summed E-state index contributed by atoms with van der Waals surface area (Å²) in [6.07, 6.45) is 5.04. The van der Waals surface area contributed by atoms with Crippen LogP contribution < -0.4 is 0 Å². The fraction of sp³-hybridized carbons (Fsp3) is 0.500. The predicted molar refractivity (Wildman–Crippen MR) is 83.8 cm³/mol. The summed E-state index contributed by atoms with van der Waals surface area (Å²) < 4.78 is 3.00. The molecule has 1 heterocycles. The fourth-order valence-corrected chi connectivity index (χ4v) is 3.80. The van der Waals surface area contributed by atoms with Crippen molar-refractivity contribution >= 4 is 46.5 Å². The van der Waals surface area contributed by atoms with Crippen LogP contribution in [-0.2, 0) is 0 Å². The minimum absolute atomic E-state index is 0.465. The van der Waals surface area contributed by atoms with Gasteiger partial charge in [0.1, 0.15) is 0 Å². The molecule has 2 nitrogen and oxygen atoms in total. The average molecular weight is 315 g/mol. The third-order valence-corrected chi connectivity index (χ3v) is 5.18. The Bertz CT molecular complexity index is 674. The number of nitrogens with one attached hydrogen (secondary N) is 1. The van der Waals surface area contributed by atoms with Gasteiger partial charge in [-0.25, -0.2) is 0 Å². The molecule has 3 rings (SSSR count). The van der Waals surface area contributed by atoms with Gasteiger partial charge in [-0.1, -0.05) is 43.0 Å². The number of benzene rings is 1. The van der Waals surface area contributed by atoms with Crippen LogP contribution in [0.4, 0.5) is 0 Å². The van der Waals surface area contributed by atoms with Crippen molar-refractivity contribution in [3.8, 4) is 0 Å². The Morgan fingerprint density at radius 1 is 1.21 bits per heavy atom. The van der Waals surface area contributed by atoms with Crippen molar-refractivity contribution in [3.63, 3.8) is 0 Å². The maximum Gasteiger partial charge on any atom is 0.178 e. The van der Waals surface area contributed by atoms with Gasteiger partial charge in [0, 0.05) is 6.04 Å². The quantitative estimate of drug-likeness (QED) is 0.664. The van der Waals surface area contributed by atoms with Crippen molar-refractivity contribution in [1.82, 2.24) is 9.55 Å². The van der Waals surface area contributed by atoms with Crippen LogP contribution in [0, 0.1) is 10.7 Å². The largest absolute Gasteiger partial charge is 0.331 e. The van der Waals surface area contributed by atoms with Crippen LogP contribution in [0.15, 0.2) is 12.1 Å². The minimum atomic E-state index is 0.465. The van der Waals surface area contributed by atoms with E-state index in [0.29, 0.717) is 22.0 Å². The summed E-state index contributed by atoms with van der Waals surface area (Å²) in [5, 5.41) is 1.15. The van der Waals surface area contributed by atoms with Gasteiger partial charge in [-0.2, -0.15) is 0 Å². The Morgan fingerprint density at radius 3 is 2.63 bits per heavy atom. The van der Waals surface area contributed by atoms with Gasteiger partial charge in [-0.15, -0.1) is 0 Å². The van der Waals surface area contributed by atoms with Gasteiger partial charge in [0.15, 0.2) is 4.77 Å². The van der Waals surface area contributed by atoms with E-state index in [2.05, 4.69) is 16.5 Å². The molecule has 5 heteroatoms. The third kappa shape index (κ3) is 2.32. The highest BCUT2D eigenvalue weighted by molar-refractivity contribution is 7.71. The molecule has 0 bridgehead atoms. The fourth-order valence-electron chi connectivity index (χ4n) is 3.13. The zero-order chi connectivity index (χ0) is 13.6. The predicted octanol–water partition coefficient (Wildman–Crippen LogP) is 5.76. The third-order valence-electron chi connectivity index (χ3n) is 4.16. The molecule has 2 aromatic rings. The molecular formula is C14H16Cl2N2S. The van der Waals surface area contributed by atoms with Crippen LogP contribution >= 0.6 is 35.4 Å². The molecule has 1 aliphatic rings. The summed E-state index contributed by atoms with van der Waals surface area (Å²) in [5.41, 5.74) is 2.04. The van der Waals surface area contributed by atoms with Gasteiger partial charge in [0.05, 0.1) is 21.1 Å². The normalized spacial score (nSPS) is 23.9. The molecular weight excluding hydrogens is 299 g/mol. The molecule has 2 unspecified atom stereocenters. The van der Waals surface area contributed by atoms with Crippen molar-refractivity contribution in [2.24, 2.45) is 5.92 Å². The van der Waals surface area contributed by atoms with Gasteiger partial charge >= 0.3 is 0 Å². The van der Waals surface area contributed by atoms with E-state index < -0.39 is 0 Å². The molecule has 19 heavy (non-hydrogen) atoms. The highest BCUT2D eigenvalue weighted by atomic mass is 35.5. The van der Waals surface area contributed by atoms with Crippen LogP contribution in [0.1, 0.15) is 38.6 Å². The number of nitrogens with zero attached hydrogens (tertiary/aromatic N) is 1. The SMILES string of the molecule is CC1CCCCC1n1c(=S)[nH]c2cc(Cl)c(Cl)cc21. The van der Waals surface area contributed by atoms with Crippen LogP contribution in [0.5, 0.6) is 0 Å². The number of halogens is 2. The molecule has 102 valence electrons. The first-order valence-corrected chi connectivity index (χ1v) is 7.83. The number of hydrogen-bond donors (Lipinski definition) is 1. The average Bonchev–Trinajstić information content (AvgIpc) is 2.66. The number of fused-ring (bicyclic) bond motifs is 1. The Balaban J connectivity index is 2.19. The second-order valence-corrected chi connectivity index (χ2v) is 6.61. The standard InChI is InChI=1S/C14H16Cl2N2S/c1-8-4-2-3-5-12(8)18-13-7-10(16)9(15)6-11(13)17-14(18)19/h6-8,12H,2-5H2,1H3,(H,17,19). The summed E-state index contributed by atoms with van der Waals surface area (Å²) in [5.74, 6) is 0.647. The summed E-state index contributed by atoms with van der Waals surface area (Å²) in [6, 6.07) is 4.25. The maximum absolute atomic E-state index is 6.15. The molecule has 0 amide bonds. The molecule has 2 atom stereocenters. The second kappa shape index (κ2) is 5.12. The van der Waals surface area contributed by atoms with Gasteiger partial charge in [0.2, 0.25) is 0 Å². The molecule has 0 saturated heterocycles. The van der Waals surface area contributed by atoms with E-state index in [1.807, 2.05) is 12.1 Å². The zero-order valence-corrected chi connectivity index (χ0v) is 13.1. The summed E-state index contributed by atoms with van der Waals surface area (Å²) in [4.78, 5) is 3.25. The van der Waals surface area contributed by atoms with Crippen LogP contribution in [0.25, 0.3) is 11.0 Å². The Labute approximate surface area is 127 Å². The number of aromatic nitrogens is 2. The molecule has 0 aliphatic heterocycles. The summed E-state index contributed by atoms with van der Waals surface area (Å²) in [6.45, 7) is 2.31. The van der Waals surface area contributed by atoms with Crippen LogP contribution in [-0.4, -0.2) is 9.55 Å². The van der Waals surface area contributed by atoms with Gasteiger partial charge < -0.3 is 9.55 Å². The van der Waals surface area contributed by atoms with Crippen molar-refractivity contribution in [3.05, 3.63) is 26.9 Å². The Kier molecular flexibility index (Phi) is 3.63. The van der Waals surface area contributed by atoms with E-state index in [9.17, 15) is 0 Å². The van der Waals surface area contributed by atoms with E-state index in [0.717, 1.165) is 15.8 Å². The van der Waals surface area contributed by atoms with Gasteiger partial charge in [0.25, 0.3) is 0 Å². The smallest absolute Gasteiger partial charge is 0.178 e. The lowest BCUT2D eigenvalue weighted by molar-refractivity contribution is 0.260. The van der Waals surface area contributed by atoms with E-state index >= 15 is 0 Å². The molecule has 1 aromatic heterocycles. The first-order chi connectivity index (χ1) is 9.08. The monoisotopic (exact) mass is 314 g/mol. The van der Waals surface area contributed by atoms with Crippen LogP contribution in [0.3, 0.4) is 0 Å². The number of H-pyrrole nitrogens is 1. The highest BCUT2D eigenvalue weighted by Gasteiger charge is 2.25. The molecule has 0 spiro atoms. The zero-order valence-electron chi connectivity index (χ0n) is 10.7. The topological polar surface area (TPSA) is 20.7 Å². The van der Waals surface area contributed by atoms with Crippen molar-refractivity contribution in [2.45, 2.75) is 38.6 Å². The minimum Gasteiger partial charge on any atom is -0.331 e. The molecule has 0 radical (unpaired) electrons.